The fourth-order valence-corrected chi connectivity index (χ4v) is 7.55. The van der Waals surface area contributed by atoms with E-state index in [1.807, 2.05) is 0 Å². The van der Waals surface area contributed by atoms with Gasteiger partial charge in [0, 0.05) is 25.3 Å². The normalized spacial score (nSPS) is 25.0. The van der Waals surface area contributed by atoms with Crippen LogP contribution in [0.2, 0.25) is 0 Å². The number of nitrogens with zero attached hydrogens (tertiary/aromatic N) is 3. The Bertz CT molecular complexity index is 1400. The molecule has 4 bridgehead atoms. The predicted octanol–water partition coefficient (Wildman–Crippen LogP) is 0.681. The molecule has 4 aliphatic rings. The fourth-order valence-electron chi connectivity index (χ4n) is 7.55. The highest BCUT2D eigenvalue weighted by molar-refractivity contribution is 6.00. The second-order valence-corrected chi connectivity index (χ2v) is 12.5. The van der Waals surface area contributed by atoms with E-state index in [9.17, 15) is 29.1 Å². The molecule has 4 aliphatic carbocycles. The van der Waals surface area contributed by atoms with Gasteiger partial charge in [-0.3, -0.25) is 24.0 Å². The van der Waals surface area contributed by atoms with Crippen molar-refractivity contribution < 1.29 is 24.3 Å². The summed E-state index contributed by atoms with van der Waals surface area (Å²) >= 11 is 0. The molecule has 0 radical (unpaired) electrons. The van der Waals surface area contributed by atoms with E-state index >= 15 is 0 Å². The van der Waals surface area contributed by atoms with E-state index in [0.29, 0.717) is 24.3 Å². The van der Waals surface area contributed by atoms with Gasteiger partial charge in [0.25, 0.3) is 11.5 Å². The third-order valence-electron chi connectivity index (χ3n) is 9.09. The number of aliphatic hydroxyl groups excluding tert-OH is 1. The van der Waals surface area contributed by atoms with Gasteiger partial charge >= 0.3 is 0 Å². The number of imidazole rings is 1. The maximum Gasteiger partial charge on any atom is 0.274 e. The van der Waals surface area contributed by atoms with E-state index in [1.165, 1.54) is 53.2 Å². The van der Waals surface area contributed by atoms with Crippen LogP contribution in [0.25, 0.3) is 0 Å². The molecule has 4 fully saturated rings. The zero-order valence-electron chi connectivity index (χ0n) is 24.7. The molecule has 5 N–H and O–H groups in total. The minimum absolute atomic E-state index is 0.0563. The number of hydrogen-bond acceptors (Lipinski definition) is 7. The summed E-state index contributed by atoms with van der Waals surface area (Å²) in [6.07, 6.45) is 9.46. The summed E-state index contributed by atoms with van der Waals surface area (Å²) in [5.41, 5.74) is -0.594. The second kappa shape index (κ2) is 12.7. The van der Waals surface area contributed by atoms with E-state index in [-0.39, 0.29) is 42.2 Å². The van der Waals surface area contributed by atoms with Gasteiger partial charge in [0.1, 0.15) is 30.1 Å². The number of nitrogens with one attached hydrogen (secondary N) is 4. The number of aromatic nitrogens is 3. The van der Waals surface area contributed by atoms with Crippen molar-refractivity contribution in [2.24, 2.45) is 24.8 Å². The van der Waals surface area contributed by atoms with E-state index in [4.69, 9.17) is 0 Å². The molecule has 13 nitrogen and oxygen atoms in total. The Balaban J connectivity index is 1.25. The Morgan fingerprint density at radius 3 is 2.35 bits per heavy atom. The zero-order chi connectivity index (χ0) is 30.7. The minimum Gasteiger partial charge on any atom is -0.383 e. The molecule has 2 aromatic heterocycles. The SMILES string of the molecule is CCNC(=O)C(O)CC[C@H](NC(=O)c1cncn1C)C(=O)Nc1cccn(CC(=O)NC23CC4CC(CC(C4)C2)C3)c1=O. The topological polar surface area (TPSA) is 176 Å². The number of likely N-dealkylation sites (N-methyl/N-ethyl adjacent to an activating group) is 1. The first-order valence-electron chi connectivity index (χ1n) is 15.1. The molecule has 2 heterocycles. The molecule has 0 aromatic carbocycles. The van der Waals surface area contributed by atoms with Crippen molar-refractivity contribution >= 4 is 29.3 Å². The number of aliphatic hydroxyl groups is 1. The molecule has 232 valence electrons. The summed E-state index contributed by atoms with van der Waals surface area (Å²) in [5.74, 6) is -0.0969. The van der Waals surface area contributed by atoms with Gasteiger partial charge in [-0.05, 0) is 88.2 Å². The lowest BCUT2D eigenvalue weighted by Gasteiger charge is -2.56. The van der Waals surface area contributed by atoms with Gasteiger partial charge in [-0.2, -0.15) is 0 Å². The van der Waals surface area contributed by atoms with Crippen LogP contribution in [-0.4, -0.2) is 67.1 Å². The summed E-state index contributed by atoms with van der Waals surface area (Å²) in [7, 11) is 1.63. The van der Waals surface area contributed by atoms with Crippen molar-refractivity contribution in [2.45, 2.75) is 82.5 Å². The van der Waals surface area contributed by atoms with Crippen LogP contribution >= 0.6 is 0 Å². The zero-order valence-corrected chi connectivity index (χ0v) is 24.7. The van der Waals surface area contributed by atoms with Crippen LogP contribution in [0.1, 0.15) is 68.8 Å². The predicted molar refractivity (Wildman–Crippen MR) is 157 cm³/mol. The van der Waals surface area contributed by atoms with Crippen LogP contribution in [0.15, 0.2) is 35.6 Å². The van der Waals surface area contributed by atoms with Crippen LogP contribution < -0.4 is 26.8 Å². The number of hydrogen-bond donors (Lipinski definition) is 5. The van der Waals surface area contributed by atoms with Crippen molar-refractivity contribution in [3.05, 3.63) is 46.9 Å². The van der Waals surface area contributed by atoms with Crippen LogP contribution in [0.3, 0.4) is 0 Å². The minimum atomic E-state index is -1.38. The molecule has 4 saturated carbocycles. The molecule has 0 aliphatic heterocycles. The lowest BCUT2D eigenvalue weighted by molar-refractivity contribution is -0.130. The summed E-state index contributed by atoms with van der Waals surface area (Å²) in [4.78, 5) is 68.6. The maximum atomic E-state index is 13.4. The first-order valence-corrected chi connectivity index (χ1v) is 15.1. The monoisotopic (exact) mass is 595 g/mol. The van der Waals surface area contributed by atoms with E-state index in [2.05, 4.69) is 26.3 Å². The standard InChI is InChI=1S/C30H41N7O6/c1-3-32-28(42)24(38)7-6-21(33-27(41)23-15-31-17-36(23)2)26(40)34-22-5-4-8-37(29(22)43)16-25(39)35-30-12-18-9-19(13-30)11-20(10-18)14-30/h4-5,8,15,17-21,24,38H,3,6-7,9-14,16H2,1-2H3,(H,32,42)(H,33,41)(H,34,40)(H,35,39)/t18?,19?,20?,21-,24?,30?/m0/s1. The average molecular weight is 596 g/mol. The number of pyridine rings is 1. The highest BCUT2D eigenvalue weighted by atomic mass is 16.3. The molecular formula is C30H41N7O6. The van der Waals surface area contributed by atoms with Crippen LogP contribution in [0.4, 0.5) is 5.69 Å². The van der Waals surface area contributed by atoms with Gasteiger partial charge in [-0.15, -0.1) is 0 Å². The number of carbonyl (C=O) groups excluding carboxylic acids is 4. The first kappa shape index (κ1) is 30.5. The number of aryl methyl sites for hydroxylation is 1. The Morgan fingerprint density at radius 2 is 1.74 bits per heavy atom. The molecular weight excluding hydrogens is 554 g/mol. The van der Waals surface area contributed by atoms with Crippen molar-refractivity contribution in [3.8, 4) is 0 Å². The first-order chi connectivity index (χ1) is 20.6. The number of rotatable bonds is 12. The molecule has 1 unspecified atom stereocenters. The Kier molecular flexibility index (Phi) is 9.00. The number of amides is 4. The van der Waals surface area contributed by atoms with Crippen LogP contribution in [0.5, 0.6) is 0 Å². The molecule has 43 heavy (non-hydrogen) atoms. The van der Waals surface area contributed by atoms with Gasteiger partial charge in [0.15, 0.2) is 0 Å². The molecule has 6 rings (SSSR count). The Hall–Kier alpha value is -4.00. The number of anilines is 1. The number of carbonyl (C=O) groups is 4. The Labute approximate surface area is 249 Å². The molecule has 2 atom stereocenters. The smallest absolute Gasteiger partial charge is 0.274 e. The van der Waals surface area contributed by atoms with Crippen LogP contribution in [0, 0.1) is 17.8 Å². The van der Waals surface area contributed by atoms with Crippen LogP contribution in [-0.2, 0) is 28.0 Å². The maximum absolute atomic E-state index is 13.4. The summed E-state index contributed by atoms with van der Waals surface area (Å²) in [6, 6.07) is 1.81. The lowest BCUT2D eigenvalue weighted by atomic mass is 9.53. The molecule has 0 saturated heterocycles. The summed E-state index contributed by atoms with van der Waals surface area (Å²) in [5, 5.41) is 21.2. The Morgan fingerprint density at radius 1 is 1.07 bits per heavy atom. The molecule has 4 amide bonds. The lowest BCUT2D eigenvalue weighted by Crippen LogP contribution is -2.60. The highest BCUT2D eigenvalue weighted by Crippen LogP contribution is 2.55. The van der Waals surface area contributed by atoms with Crippen molar-refractivity contribution in [2.75, 3.05) is 11.9 Å². The van der Waals surface area contributed by atoms with Gasteiger partial charge in [0.2, 0.25) is 17.7 Å². The van der Waals surface area contributed by atoms with E-state index < -0.39 is 35.4 Å². The van der Waals surface area contributed by atoms with Crippen molar-refractivity contribution in [3.63, 3.8) is 0 Å². The molecule has 13 heteroatoms. The van der Waals surface area contributed by atoms with Crippen molar-refractivity contribution in [1.82, 2.24) is 30.1 Å². The molecule has 2 aromatic rings. The molecule has 0 spiro atoms. The largest absolute Gasteiger partial charge is 0.383 e. The second-order valence-electron chi connectivity index (χ2n) is 12.5. The van der Waals surface area contributed by atoms with E-state index in [1.54, 1.807) is 20.0 Å². The third kappa shape index (κ3) is 6.98. The average Bonchev–Trinajstić information content (AvgIpc) is 3.37. The van der Waals surface area contributed by atoms with Gasteiger partial charge < -0.3 is 35.5 Å². The van der Waals surface area contributed by atoms with Gasteiger partial charge in [0.05, 0.1) is 12.5 Å². The fraction of sp³-hybridized carbons (Fsp3) is 0.600. The van der Waals surface area contributed by atoms with Crippen molar-refractivity contribution in [1.29, 1.82) is 0 Å². The summed E-state index contributed by atoms with van der Waals surface area (Å²) in [6.45, 7) is 1.87. The third-order valence-corrected chi connectivity index (χ3v) is 9.09. The van der Waals surface area contributed by atoms with Gasteiger partial charge in [-0.1, -0.05) is 0 Å². The quantitative estimate of drug-likeness (QED) is 0.240. The highest BCUT2D eigenvalue weighted by Gasteiger charge is 2.51. The van der Waals surface area contributed by atoms with Gasteiger partial charge in [-0.25, -0.2) is 4.98 Å². The van der Waals surface area contributed by atoms with E-state index in [0.717, 1.165) is 19.3 Å². The summed E-state index contributed by atoms with van der Waals surface area (Å²) < 4.78 is 2.74.